The molecule has 0 fully saturated rings. The van der Waals surface area contributed by atoms with Crippen molar-refractivity contribution in [3.8, 4) is 0 Å². The minimum atomic E-state index is 0. The maximum atomic E-state index is 4.59. The summed E-state index contributed by atoms with van der Waals surface area (Å²) in [6.45, 7) is 0. The van der Waals surface area contributed by atoms with Gasteiger partial charge in [0, 0.05) is 4.90 Å². The van der Waals surface area contributed by atoms with Crippen LogP contribution in [0.2, 0.25) is 0 Å². The van der Waals surface area contributed by atoms with E-state index in [0.717, 1.165) is 15.6 Å². The summed E-state index contributed by atoms with van der Waals surface area (Å²) in [6, 6.07) is 16.6. The molecule has 110 valence electrons. The van der Waals surface area contributed by atoms with Gasteiger partial charge in [0.05, 0.1) is 20.9 Å². The number of para-hydroxylation sites is 2. The Morgan fingerprint density at radius 3 is 2.68 bits per heavy atom. The van der Waals surface area contributed by atoms with Crippen LogP contribution >= 0.6 is 40.1 Å². The monoisotopic (exact) mass is 388 g/mol. The first-order valence-electron chi connectivity index (χ1n) is 6.66. The van der Waals surface area contributed by atoms with Crippen LogP contribution < -0.4 is 5.32 Å². The lowest BCUT2D eigenvalue weighted by Gasteiger charge is -1.95. The van der Waals surface area contributed by atoms with Crippen molar-refractivity contribution in [3.05, 3.63) is 70.7 Å². The summed E-state index contributed by atoms with van der Waals surface area (Å²) in [5.74, 6) is 0. The van der Waals surface area contributed by atoms with E-state index in [1.54, 1.807) is 23.1 Å². The third-order valence-corrected chi connectivity index (χ3v) is 5.20. The maximum Gasteiger partial charge on any atom is 0.117 e. The molecule has 0 aliphatic carbocycles. The molecule has 2 aromatic carbocycles. The standard InChI is InChI=1S/C17H12N2S2.BrH/c1-3-8-14-12(6-1)18-16(20-14)10-5-11-17-19-13-7-2-4-9-15(13)21-17;/h1-11,18H;1H. The molecule has 0 bridgehead atoms. The molecule has 2 nitrogen and oxygen atoms in total. The number of thiazole rings is 1. The minimum absolute atomic E-state index is 0. The Bertz CT molecular complexity index is 808. The van der Waals surface area contributed by atoms with Crippen LogP contribution in [0.25, 0.3) is 16.3 Å². The normalized spacial score (nSPS) is 15.0. The number of allylic oxidation sites excluding steroid dienone is 2. The van der Waals surface area contributed by atoms with Crippen LogP contribution in [-0.2, 0) is 0 Å². The average molecular weight is 389 g/mol. The highest BCUT2D eigenvalue weighted by molar-refractivity contribution is 8.93. The zero-order chi connectivity index (χ0) is 14.1. The van der Waals surface area contributed by atoms with Gasteiger partial charge in [-0.2, -0.15) is 0 Å². The maximum absolute atomic E-state index is 4.59. The molecule has 5 heteroatoms. The van der Waals surface area contributed by atoms with Gasteiger partial charge in [0.1, 0.15) is 5.01 Å². The largest absolute Gasteiger partial charge is 0.349 e. The van der Waals surface area contributed by atoms with E-state index in [1.807, 2.05) is 24.3 Å². The van der Waals surface area contributed by atoms with Crippen molar-refractivity contribution in [2.75, 3.05) is 5.32 Å². The number of halogens is 1. The number of thioether (sulfide) groups is 1. The van der Waals surface area contributed by atoms with Crippen LogP contribution in [0.4, 0.5) is 5.69 Å². The number of benzene rings is 2. The van der Waals surface area contributed by atoms with Gasteiger partial charge in [0.15, 0.2) is 0 Å². The second kappa shape index (κ2) is 6.69. The van der Waals surface area contributed by atoms with Crippen LogP contribution in [0.5, 0.6) is 0 Å². The van der Waals surface area contributed by atoms with E-state index in [1.165, 1.54) is 15.3 Å². The fourth-order valence-electron chi connectivity index (χ4n) is 2.19. The first kappa shape index (κ1) is 15.3. The third kappa shape index (κ3) is 3.11. The first-order chi connectivity index (χ1) is 10.4. The van der Waals surface area contributed by atoms with Crippen molar-refractivity contribution in [1.82, 2.24) is 4.98 Å². The Hall–Kier alpha value is -1.56. The highest BCUT2D eigenvalue weighted by Gasteiger charge is 2.13. The van der Waals surface area contributed by atoms with Gasteiger partial charge in [0.2, 0.25) is 0 Å². The predicted octanol–water partition coefficient (Wildman–Crippen LogP) is 5.95. The summed E-state index contributed by atoms with van der Waals surface area (Å²) >= 11 is 3.47. The van der Waals surface area contributed by atoms with E-state index >= 15 is 0 Å². The molecule has 1 aromatic heterocycles. The quantitative estimate of drug-likeness (QED) is 0.587. The molecule has 0 amide bonds. The average Bonchev–Trinajstić information content (AvgIpc) is 3.09. The minimum Gasteiger partial charge on any atom is -0.349 e. The number of rotatable bonds is 2. The van der Waals surface area contributed by atoms with E-state index in [4.69, 9.17) is 0 Å². The molecule has 3 aromatic rings. The summed E-state index contributed by atoms with van der Waals surface area (Å²) in [6.07, 6.45) is 6.21. The van der Waals surface area contributed by atoms with Crippen LogP contribution in [0, 0.1) is 0 Å². The SMILES string of the molecule is Br.C(=Cc1nc2ccccc2s1)C=C1Nc2ccccc2S1. The molecule has 4 rings (SSSR count). The van der Waals surface area contributed by atoms with Crippen LogP contribution in [0.15, 0.2) is 70.6 Å². The predicted molar refractivity (Wildman–Crippen MR) is 103 cm³/mol. The van der Waals surface area contributed by atoms with E-state index in [-0.39, 0.29) is 17.0 Å². The van der Waals surface area contributed by atoms with Crippen molar-refractivity contribution >= 4 is 62.1 Å². The summed E-state index contributed by atoms with van der Waals surface area (Å²) in [4.78, 5) is 5.87. The molecule has 0 unspecified atom stereocenters. The van der Waals surface area contributed by atoms with Gasteiger partial charge in [-0.3, -0.25) is 0 Å². The van der Waals surface area contributed by atoms with Crippen molar-refractivity contribution in [2.24, 2.45) is 0 Å². The number of anilines is 1. The second-order valence-electron chi connectivity index (χ2n) is 4.63. The third-order valence-electron chi connectivity index (χ3n) is 3.16. The van der Waals surface area contributed by atoms with Crippen LogP contribution in [0.1, 0.15) is 5.01 Å². The summed E-state index contributed by atoms with van der Waals surface area (Å²) < 4.78 is 1.23. The molecule has 22 heavy (non-hydrogen) atoms. The van der Waals surface area contributed by atoms with E-state index in [0.29, 0.717) is 0 Å². The van der Waals surface area contributed by atoms with Crippen LogP contribution in [-0.4, -0.2) is 4.98 Å². The number of nitrogens with zero attached hydrogens (tertiary/aromatic N) is 1. The molecular formula is C17H13BrN2S2. The van der Waals surface area contributed by atoms with Gasteiger partial charge in [-0.25, -0.2) is 4.98 Å². The van der Waals surface area contributed by atoms with E-state index < -0.39 is 0 Å². The highest BCUT2D eigenvalue weighted by atomic mass is 79.9. The molecule has 0 saturated carbocycles. The zero-order valence-corrected chi connectivity index (χ0v) is 14.9. The van der Waals surface area contributed by atoms with Gasteiger partial charge in [-0.1, -0.05) is 42.1 Å². The Balaban J connectivity index is 0.00000144. The molecule has 1 aliphatic rings. The van der Waals surface area contributed by atoms with Gasteiger partial charge < -0.3 is 5.32 Å². The van der Waals surface area contributed by atoms with Crippen LogP contribution in [0.3, 0.4) is 0 Å². The summed E-state index contributed by atoms with van der Waals surface area (Å²) in [7, 11) is 0. The molecule has 1 N–H and O–H groups in total. The highest BCUT2D eigenvalue weighted by Crippen LogP contribution is 2.40. The van der Waals surface area contributed by atoms with E-state index in [2.05, 4.69) is 52.8 Å². The molecule has 0 saturated heterocycles. The topological polar surface area (TPSA) is 24.9 Å². The van der Waals surface area contributed by atoms with Crippen molar-refractivity contribution in [1.29, 1.82) is 0 Å². The van der Waals surface area contributed by atoms with Gasteiger partial charge in [-0.15, -0.1) is 28.3 Å². The van der Waals surface area contributed by atoms with E-state index in [9.17, 15) is 0 Å². The lowest BCUT2D eigenvalue weighted by atomic mass is 10.3. The molecule has 2 heterocycles. The lowest BCUT2D eigenvalue weighted by Crippen LogP contribution is -1.86. The van der Waals surface area contributed by atoms with Crippen molar-refractivity contribution in [3.63, 3.8) is 0 Å². The second-order valence-corrected chi connectivity index (χ2v) is 6.78. The van der Waals surface area contributed by atoms with Gasteiger partial charge >= 0.3 is 0 Å². The summed E-state index contributed by atoms with van der Waals surface area (Å²) in [5, 5.41) is 5.59. The molecular weight excluding hydrogens is 376 g/mol. The number of aromatic nitrogens is 1. The molecule has 0 spiro atoms. The fourth-order valence-corrected chi connectivity index (χ4v) is 3.99. The Labute approximate surface area is 147 Å². The number of hydrogen-bond acceptors (Lipinski definition) is 4. The first-order valence-corrected chi connectivity index (χ1v) is 8.30. The van der Waals surface area contributed by atoms with Gasteiger partial charge in [-0.05, 0) is 36.4 Å². The summed E-state index contributed by atoms with van der Waals surface area (Å²) in [5.41, 5.74) is 2.25. The van der Waals surface area contributed by atoms with Crippen molar-refractivity contribution < 1.29 is 0 Å². The van der Waals surface area contributed by atoms with Gasteiger partial charge in [0.25, 0.3) is 0 Å². The smallest absolute Gasteiger partial charge is 0.117 e. The Kier molecular flexibility index (Phi) is 4.66. The van der Waals surface area contributed by atoms with Crippen molar-refractivity contribution in [2.45, 2.75) is 4.90 Å². The number of hydrogen-bond donors (Lipinski definition) is 1. The lowest BCUT2D eigenvalue weighted by molar-refractivity contribution is 1.46. The molecule has 1 aliphatic heterocycles. The Morgan fingerprint density at radius 1 is 1.00 bits per heavy atom. The Morgan fingerprint density at radius 2 is 1.82 bits per heavy atom. The molecule has 0 atom stereocenters. The fraction of sp³-hybridized carbons (Fsp3) is 0. The molecule has 0 radical (unpaired) electrons. The zero-order valence-electron chi connectivity index (χ0n) is 11.5. The number of nitrogens with one attached hydrogen (secondary N) is 1. The number of fused-ring (bicyclic) bond motifs is 2.